The van der Waals surface area contributed by atoms with Crippen LogP contribution < -0.4 is 10.5 Å². The molecule has 16 heavy (non-hydrogen) atoms. The maximum absolute atomic E-state index is 11.0. The predicted octanol–water partition coefficient (Wildman–Crippen LogP) is 0.455. The Morgan fingerprint density at radius 3 is 2.62 bits per heavy atom. The van der Waals surface area contributed by atoms with Crippen LogP contribution >= 0.6 is 0 Å². The van der Waals surface area contributed by atoms with Gasteiger partial charge in [-0.25, -0.2) is 13.1 Å². The van der Waals surface area contributed by atoms with Gasteiger partial charge >= 0.3 is 0 Å². The van der Waals surface area contributed by atoms with Crippen molar-refractivity contribution in [2.45, 2.75) is 19.4 Å². The van der Waals surface area contributed by atoms with Gasteiger partial charge in [0.2, 0.25) is 10.0 Å². The maximum atomic E-state index is 11.0. The molecule has 0 bridgehead atoms. The molecule has 1 atom stereocenters. The minimum Gasteiger partial charge on any atom is -0.508 e. The van der Waals surface area contributed by atoms with E-state index < -0.39 is 10.0 Å². The Morgan fingerprint density at radius 2 is 2.12 bits per heavy atom. The van der Waals surface area contributed by atoms with Crippen molar-refractivity contribution in [2.75, 3.05) is 12.0 Å². The number of aromatic hydroxyl groups is 1. The number of nitrogens with one attached hydrogen (secondary N) is 1. The molecule has 90 valence electrons. The molecule has 1 unspecified atom stereocenters. The molecule has 0 fully saturated rings. The molecular weight excluding hydrogens is 228 g/mol. The summed E-state index contributed by atoms with van der Waals surface area (Å²) in [6.45, 7) is 1.76. The molecular formula is C10H16N2O3S. The average molecular weight is 244 g/mol. The lowest BCUT2D eigenvalue weighted by Gasteiger charge is -2.13. The summed E-state index contributed by atoms with van der Waals surface area (Å²) >= 11 is 0. The second kappa shape index (κ2) is 4.71. The van der Waals surface area contributed by atoms with Crippen molar-refractivity contribution in [3.8, 4) is 5.75 Å². The maximum Gasteiger partial charge on any atom is 0.208 e. The van der Waals surface area contributed by atoms with Crippen molar-refractivity contribution >= 4 is 15.7 Å². The number of hydrogen-bond donors (Lipinski definition) is 3. The molecule has 0 aliphatic heterocycles. The highest BCUT2D eigenvalue weighted by atomic mass is 32.2. The number of sulfonamides is 1. The first-order valence-electron chi connectivity index (χ1n) is 4.82. The molecule has 0 spiro atoms. The number of benzene rings is 1. The van der Waals surface area contributed by atoms with Gasteiger partial charge in [0.1, 0.15) is 5.75 Å². The van der Waals surface area contributed by atoms with E-state index in [1.54, 1.807) is 13.0 Å². The molecule has 0 amide bonds. The molecule has 1 aromatic carbocycles. The van der Waals surface area contributed by atoms with E-state index in [2.05, 4.69) is 4.72 Å². The topological polar surface area (TPSA) is 92.4 Å². The first kappa shape index (κ1) is 12.8. The highest BCUT2D eigenvalue weighted by Crippen LogP contribution is 2.19. The van der Waals surface area contributed by atoms with Gasteiger partial charge in [-0.3, -0.25) is 0 Å². The number of nitrogen functional groups attached to an aromatic ring is 1. The number of hydrogen-bond acceptors (Lipinski definition) is 4. The van der Waals surface area contributed by atoms with E-state index in [9.17, 15) is 8.42 Å². The quantitative estimate of drug-likeness (QED) is 0.671. The lowest BCUT2D eigenvalue weighted by molar-refractivity contribution is 0.475. The molecule has 0 aliphatic rings. The Bertz CT molecular complexity index is 471. The van der Waals surface area contributed by atoms with Gasteiger partial charge in [-0.05, 0) is 25.0 Å². The lowest BCUT2D eigenvalue weighted by atomic mass is 10.1. The fourth-order valence-electron chi connectivity index (χ4n) is 1.51. The van der Waals surface area contributed by atoms with Gasteiger partial charge in [0, 0.05) is 17.8 Å². The number of nitrogens with two attached hydrogens (primary N) is 1. The number of rotatable bonds is 4. The van der Waals surface area contributed by atoms with Crippen LogP contribution in [0.15, 0.2) is 18.2 Å². The zero-order chi connectivity index (χ0) is 12.3. The largest absolute Gasteiger partial charge is 0.508 e. The second-order valence-electron chi connectivity index (χ2n) is 3.88. The van der Waals surface area contributed by atoms with Gasteiger partial charge in [0.25, 0.3) is 0 Å². The van der Waals surface area contributed by atoms with Crippen LogP contribution in [-0.2, 0) is 16.4 Å². The summed E-state index contributed by atoms with van der Waals surface area (Å²) in [7, 11) is -3.20. The molecule has 6 heteroatoms. The van der Waals surface area contributed by atoms with Gasteiger partial charge in [0.05, 0.1) is 6.26 Å². The third-order valence-electron chi connectivity index (χ3n) is 2.07. The lowest BCUT2D eigenvalue weighted by Crippen LogP contribution is -2.33. The fourth-order valence-corrected chi connectivity index (χ4v) is 2.32. The molecule has 0 saturated carbocycles. The molecule has 0 heterocycles. The van der Waals surface area contributed by atoms with E-state index in [4.69, 9.17) is 10.8 Å². The van der Waals surface area contributed by atoms with E-state index in [0.717, 1.165) is 11.8 Å². The Morgan fingerprint density at radius 1 is 1.50 bits per heavy atom. The van der Waals surface area contributed by atoms with Crippen LogP contribution in [-0.4, -0.2) is 25.8 Å². The van der Waals surface area contributed by atoms with Crippen molar-refractivity contribution < 1.29 is 13.5 Å². The Hall–Kier alpha value is -1.27. The van der Waals surface area contributed by atoms with E-state index in [-0.39, 0.29) is 11.8 Å². The molecule has 0 aromatic heterocycles. The molecule has 1 aromatic rings. The highest BCUT2D eigenvalue weighted by molar-refractivity contribution is 7.88. The molecule has 5 nitrogen and oxygen atoms in total. The van der Waals surface area contributed by atoms with Crippen LogP contribution in [0.3, 0.4) is 0 Å². The zero-order valence-corrected chi connectivity index (χ0v) is 10.1. The molecule has 0 aliphatic carbocycles. The summed E-state index contributed by atoms with van der Waals surface area (Å²) in [6, 6.07) is 4.42. The summed E-state index contributed by atoms with van der Waals surface area (Å²) in [5.74, 6) is 0.102. The van der Waals surface area contributed by atoms with E-state index in [1.165, 1.54) is 12.1 Å². The summed E-state index contributed by atoms with van der Waals surface area (Å²) in [5.41, 5.74) is 6.96. The summed E-state index contributed by atoms with van der Waals surface area (Å²) in [6.07, 6.45) is 1.60. The summed E-state index contributed by atoms with van der Waals surface area (Å²) in [4.78, 5) is 0. The number of anilines is 1. The van der Waals surface area contributed by atoms with Crippen molar-refractivity contribution in [3.63, 3.8) is 0 Å². The molecule has 0 radical (unpaired) electrons. The fraction of sp³-hybridized carbons (Fsp3) is 0.400. The standard InChI is InChI=1S/C10H16N2O3S/c1-7(12-16(2,14)15)5-8-3-4-9(13)6-10(8)11/h3-4,6-7,12-13H,5,11H2,1-2H3. The van der Waals surface area contributed by atoms with E-state index in [1.807, 2.05) is 0 Å². The van der Waals surface area contributed by atoms with Crippen LogP contribution in [0.1, 0.15) is 12.5 Å². The van der Waals surface area contributed by atoms with Gasteiger partial charge in [0.15, 0.2) is 0 Å². The monoisotopic (exact) mass is 244 g/mol. The van der Waals surface area contributed by atoms with Gasteiger partial charge in [-0.2, -0.15) is 0 Å². The van der Waals surface area contributed by atoms with Gasteiger partial charge in [-0.15, -0.1) is 0 Å². The predicted molar refractivity (Wildman–Crippen MR) is 63.7 cm³/mol. The van der Waals surface area contributed by atoms with Crippen molar-refractivity contribution in [2.24, 2.45) is 0 Å². The third-order valence-corrected chi connectivity index (χ3v) is 2.90. The van der Waals surface area contributed by atoms with Gasteiger partial charge < -0.3 is 10.8 Å². The Balaban J connectivity index is 2.73. The second-order valence-corrected chi connectivity index (χ2v) is 5.66. The van der Waals surface area contributed by atoms with Crippen LogP contribution in [0.2, 0.25) is 0 Å². The SMILES string of the molecule is CC(Cc1ccc(O)cc1N)NS(C)(=O)=O. The minimum absolute atomic E-state index is 0.102. The Kier molecular flexibility index (Phi) is 3.77. The first-order chi connectivity index (χ1) is 7.28. The highest BCUT2D eigenvalue weighted by Gasteiger charge is 2.11. The van der Waals surface area contributed by atoms with Crippen LogP contribution in [0, 0.1) is 0 Å². The summed E-state index contributed by atoms with van der Waals surface area (Å²) < 4.78 is 24.4. The summed E-state index contributed by atoms with van der Waals surface area (Å²) in [5, 5.41) is 9.17. The molecule has 4 N–H and O–H groups in total. The van der Waals surface area contributed by atoms with Crippen LogP contribution in [0.25, 0.3) is 0 Å². The molecule has 1 rings (SSSR count). The van der Waals surface area contributed by atoms with Crippen molar-refractivity contribution in [1.29, 1.82) is 0 Å². The normalized spacial score (nSPS) is 13.6. The van der Waals surface area contributed by atoms with E-state index in [0.29, 0.717) is 12.1 Å². The first-order valence-corrected chi connectivity index (χ1v) is 6.72. The van der Waals surface area contributed by atoms with Crippen molar-refractivity contribution in [1.82, 2.24) is 4.72 Å². The van der Waals surface area contributed by atoms with Gasteiger partial charge in [-0.1, -0.05) is 6.07 Å². The molecule has 0 saturated heterocycles. The third kappa shape index (κ3) is 4.08. The number of phenolic OH excluding ortho intramolecular Hbond substituents is 1. The van der Waals surface area contributed by atoms with Crippen LogP contribution in [0.5, 0.6) is 5.75 Å². The smallest absolute Gasteiger partial charge is 0.208 e. The van der Waals surface area contributed by atoms with Crippen molar-refractivity contribution in [3.05, 3.63) is 23.8 Å². The minimum atomic E-state index is -3.20. The Labute approximate surface area is 95.3 Å². The number of phenols is 1. The average Bonchev–Trinajstić information content (AvgIpc) is 2.06. The van der Waals surface area contributed by atoms with E-state index >= 15 is 0 Å². The zero-order valence-electron chi connectivity index (χ0n) is 9.27. The van der Waals surface area contributed by atoms with Crippen LogP contribution in [0.4, 0.5) is 5.69 Å².